The number of hydrogen-bond donors (Lipinski definition) is 1. The Labute approximate surface area is 173 Å². The lowest BCUT2D eigenvalue weighted by atomic mass is 10.1. The topological polar surface area (TPSA) is 66.0 Å². The highest BCUT2D eigenvalue weighted by Gasteiger charge is 2.14. The molecule has 0 heterocycles. The van der Waals surface area contributed by atoms with Gasteiger partial charge in [0.1, 0.15) is 0 Å². The molecule has 2 rings (SSSR count). The van der Waals surface area contributed by atoms with E-state index in [0.717, 1.165) is 11.1 Å². The molecule has 0 spiro atoms. The van der Waals surface area contributed by atoms with E-state index in [2.05, 4.69) is 5.32 Å². The van der Waals surface area contributed by atoms with Crippen LogP contribution in [0, 0.1) is 0 Å². The van der Waals surface area contributed by atoms with Crippen molar-refractivity contribution >= 4 is 5.91 Å². The van der Waals surface area contributed by atoms with E-state index in [1.165, 1.54) is 0 Å². The summed E-state index contributed by atoms with van der Waals surface area (Å²) in [4.78, 5) is 12.4. The number of carbonyl (C=O) groups excluding carboxylic acids is 1. The number of methoxy groups -OCH3 is 2. The maximum absolute atomic E-state index is 12.4. The van der Waals surface area contributed by atoms with Crippen LogP contribution in [0.1, 0.15) is 44.4 Å². The fourth-order valence-corrected chi connectivity index (χ4v) is 3.03. The van der Waals surface area contributed by atoms with Gasteiger partial charge in [-0.1, -0.05) is 12.1 Å². The summed E-state index contributed by atoms with van der Waals surface area (Å²) in [6.45, 7) is 6.95. The smallest absolute Gasteiger partial charge is 0.220 e. The van der Waals surface area contributed by atoms with E-state index in [4.69, 9.17) is 18.9 Å². The summed E-state index contributed by atoms with van der Waals surface area (Å²) >= 11 is 0. The molecule has 0 fully saturated rings. The summed E-state index contributed by atoms with van der Waals surface area (Å²) in [5, 5.41) is 3.05. The molecule has 158 valence electrons. The van der Waals surface area contributed by atoms with Gasteiger partial charge in [0.2, 0.25) is 5.91 Å². The lowest BCUT2D eigenvalue weighted by Gasteiger charge is -2.17. The molecule has 1 N–H and O–H groups in total. The van der Waals surface area contributed by atoms with Gasteiger partial charge in [0, 0.05) is 6.42 Å². The van der Waals surface area contributed by atoms with Crippen LogP contribution in [-0.2, 0) is 11.2 Å². The van der Waals surface area contributed by atoms with Gasteiger partial charge in [-0.3, -0.25) is 4.79 Å². The molecular formula is C23H31NO5. The second-order valence-electron chi connectivity index (χ2n) is 6.55. The van der Waals surface area contributed by atoms with Crippen LogP contribution >= 0.6 is 0 Å². The van der Waals surface area contributed by atoms with Crippen molar-refractivity contribution in [2.45, 2.75) is 39.7 Å². The van der Waals surface area contributed by atoms with Crippen molar-refractivity contribution in [2.75, 3.05) is 27.4 Å². The Balaban J connectivity index is 1.97. The van der Waals surface area contributed by atoms with Crippen molar-refractivity contribution in [3.05, 3.63) is 47.5 Å². The van der Waals surface area contributed by atoms with E-state index in [-0.39, 0.29) is 11.9 Å². The molecule has 6 nitrogen and oxygen atoms in total. The third-order valence-electron chi connectivity index (χ3n) is 4.53. The summed E-state index contributed by atoms with van der Waals surface area (Å²) < 4.78 is 21.8. The average molecular weight is 402 g/mol. The van der Waals surface area contributed by atoms with Crippen molar-refractivity contribution < 1.29 is 23.7 Å². The van der Waals surface area contributed by atoms with Gasteiger partial charge in [0.25, 0.3) is 0 Å². The number of carbonyl (C=O) groups is 1. The van der Waals surface area contributed by atoms with E-state index in [9.17, 15) is 4.79 Å². The molecule has 0 saturated heterocycles. The van der Waals surface area contributed by atoms with Crippen molar-refractivity contribution in [1.29, 1.82) is 0 Å². The van der Waals surface area contributed by atoms with Crippen LogP contribution in [-0.4, -0.2) is 33.3 Å². The molecule has 0 aromatic heterocycles. The van der Waals surface area contributed by atoms with Crippen molar-refractivity contribution in [3.8, 4) is 23.0 Å². The van der Waals surface area contributed by atoms with Crippen molar-refractivity contribution in [3.63, 3.8) is 0 Å². The van der Waals surface area contributed by atoms with Crippen LogP contribution in [0.5, 0.6) is 23.0 Å². The molecule has 0 aliphatic rings. The van der Waals surface area contributed by atoms with Gasteiger partial charge < -0.3 is 24.3 Å². The zero-order chi connectivity index (χ0) is 21.2. The van der Waals surface area contributed by atoms with Crippen molar-refractivity contribution in [2.24, 2.45) is 0 Å². The molecule has 6 heteroatoms. The first-order chi connectivity index (χ1) is 14.0. The molecular weight excluding hydrogens is 370 g/mol. The first kappa shape index (κ1) is 22.4. The van der Waals surface area contributed by atoms with Crippen LogP contribution < -0.4 is 24.3 Å². The quantitative estimate of drug-likeness (QED) is 0.608. The fraction of sp³-hybridized carbons (Fsp3) is 0.435. The molecule has 1 unspecified atom stereocenters. The molecule has 0 bridgehead atoms. The molecule has 29 heavy (non-hydrogen) atoms. The Bertz CT molecular complexity index is 806. The van der Waals surface area contributed by atoms with Gasteiger partial charge in [-0.25, -0.2) is 0 Å². The first-order valence-electron chi connectivity index (χ1n) is 9.92. The van der Waals surface area contributed by atoms with Gasteiger partial charge in [-0.15, -0.1) is 0 Å². The minimum atomic E-state index is -0.136. The van der Waals surface area contributed by atoms with Crippen LogP contribution in [0.25, 0.3) is 0 Å². The number of nitrogens with one attached hydrogen (secondary N) is 1. The minimum Gasteiger partial charge on any atom is -0.493 e. The van der Waals surface area contributed by atoms with E-state index >= 15 is 0 Å². The molecule has 1 amide bonds. The number of hydrogen-bond acceptors (Lipinski definition) is 5. The van der Waals surface area contributed by atoms with E-state index in [1.54, 1.807) is 14.2 Å². The van der Waals surface area contributed by atoms with Crippen LogP contribution in [0.15, 0.2) is 36.4 Å². The number of benzene rings is 2. The Morgan fingerprint density at radius 3 is 2.21 bits per heavy atom. The van der Waals surface area contributed by atoms with Crippen LogP contribution in [0.3, 0.4) is 0 Å². The minimum absolute atomic E-state index is 0.0147. The second kappa shape index (κ2) is 11.2. The number of ether oxygens (including phenoxy) is 4. The fourth-order valence-electron chi connectivity index (χ4n) is 3.03. The van der Waals surface area contributed by atoms with E-state index in [1.807, 2.05) is 57.2 Å². The van der Waals surface area contributed by atoms with Gasteiger partial charge >= 0.3 is 0 Å². The molecule has 2 aromatic rings. The molecule has 0 aliphatic carbocycles. The van der Waals surface area contributed by atoms with Crippen molar-refractivity contribution in [1.82, 2.24) is 5.32 Å². The van der Waals surface area contributed by atoms with Gasteiger partial charge in [-0.2, -0.15) is 0 Å². The lowest BCUT2D eigenvalue weighted by molar-refractivity contribution is -0.121. The van der Waals surface area contributed by atoms with E-state index < -0.39 is 0 Å². The van der Waals surface area contributed by atoms with Gasteiger partial charge in [-0.05, 0) is 62.6 Å². The highest BCUT2D eigenvalue weighted by Crippen LogP contribution is 2.31. The number of rotatable bonds is 11. The van der Waals surface area contributed by atoms with Crippen LogP contribution in [0.2, 0.25) is 0 Å². The maximum Gasteiger partial charge on any atom is 0.220 e. The first-order valence-corrected chi connectivity index (χ1v) is 9.92. The predicted octanol–water partition coefficient (Wildman–Crippen LogP) is 4.31. The largest absolute Gasteiger partial charge is 0.493 e. The number of amides is 1. The Kier molecular flexibility index (Phi) is 8.65. The Morgan fingerprint density at radius 1 is 0.897 bits per heavy atom. The van der Waals surface area contributed by atoms with Crippen LogP contribution in [0.4, 0.5) is 0 Å². The summed E-state index contributed by atoms with van der Waals surface area (Å²) in [7, 11) is 3.20. The lowest BCUT2D eigenvalue weighted by Crippen LogP contribution is -2.26. The molecule has 0 radical (unpaired) electrons. The number of aryl methyl sites for hydroxylation is 1. The highest BCUT2D eigenvalue weighted by molar-refractivity contribution is 5.76. The zero-order valence-corrected chi connectivity index (χ0v) is 17.9. The second-order valence-corrected chi connectivity index (χ2v) is 6.55. The van der Waals surface area contributed by atoms with Gasteiger partial charge in [0.15, 0.2) is 23.0 Å². The SMILES string of the molecule is CCOc1ccc(C(C)NC(=O)CCc2ccc(OC)c(OC)c2)cc1OCC. The third kappa shape index (κ3) is 6.31. The third-order valence-corrected chi connectivity index (χ3v) is 4.53. The predicted molar refractivity (Wildman–Crippen MR) is 113 cm³/mol. The Hall–Kier alpha value is -2.89. The zero-order valence-electron chi connectivity index (χ0n) is 17.9. The standard InChI is InChI=1S/C23H31NO5/c1-6-28-20-12-10-18(15-22(20)29-7-2)16(3)24-23(25)13-9-17-8-11-19(26-4)21(14-17)27-5/h8,10-12,14-16H,6-7,9,13H2,1-5H3,(H,24,25). The summed E-state index contributed by atoms with van der Waals surface area (Å²) in [5.41, 5.74) is 1.99. The summed E-state index contributed by atoms with van der Waals surface area (Å²) in [6.07, 6.45) is 1.00. The molecule has 1 atom stereocenters. The maximum atomic E-state index is 12.4. The normalized spacial score (nSPS) is 11.5. The summed E-state index contributed by atoms with van der Waals surface area (Å²) in [5.74, 6) is 2.73. The summed E-state index contributed by atoms with van der Waals surface area (Å²) in [6, 6.07) is 11.3. The highest BCUT2D eigenvalue weighted by atomic mass is 16.5. The molecule has 0 aliphatic heterocycles. The Morgan fingerprint density at radius 2 is 1.55 bits per heavy atom. The average Bonchev–Trinajstić information content (AvgIpc) is 2.73. The van der Waals surface area contributed by atoms with Gasteiger partial charge in [0.05, 0.1) is 33.5 Å². The molecule has 0 saturated carbocycles. The monoisotopic (exact) mass is 401 g/mol. The molecule has 2 aromatic carbocycles. The van der Waals surface area contributed by atoms with E-state index in [0.29, 0.717) is 49.1 Å².